The van der Waals surface area contributed by atoms with E-state index in [-0.39, 0.29) is 23.5 Å². The molecule has 0 saturated carbocycles. The lowest BCUT2D eigenvalue weighted by atomic mass is 10.2. The van der Waals surface area contributed by atoms with Gasteiger partial charge in [-0.25, -0.2) is 14.3 Å². The predicted octanol–water partition coefficient (Wildman–Crippen LogP) is 1.47. The molecule has 0 spiro atoms. The van der Waals surface area contributed by atoms with Gasteiger partial charge in [0.2, 0.25) is 5.91 Å². The van der Waals surface area contributed by atoms with E-state index in [1.54, 1.807) is 32.3 Å². The zero-order valence-corrected chi connectivity index (χ0v) is 16.3. The maximum Gasteiger partial charge on any atom is 0.332 e. The molecule has 0 aliphatic rings. The van der Waals surface area contributed by atoms with Crippen molar-refractivity contribution >= 4 is 22.6 Å². The quantitative estimate of drug-likeness (QED) is 0.667. The summed E-state index contributed by atoms with van der Waals surface area (Å²) in [6, 6.07) is 9.02. The first-order chi connectivity index (χ1) is 13.4. The van der Waals surface area contributed by atoms with E-state index < -0.39 is 11.2 Å². The van der Waals surface area contributed by atoms with E-state index in [9.17, 15) is 14.4 Å². The third-order valence-corrected chi connectivity index (χ3v) is 4.58. The van der Waals surface area contributed by atoms with Gasteiger partial charge in [0.05, 0.1) is 6.61 Å². The molecule has 0 N–H and O–H groups in total. The molecule has 3 rings (SSSR count). The van der Waals surface area contributed by atoms with Crippen LogP contribution in [0.1, 0.15) is 12.5 Å². The second-order valence-corrected chi connectivity index (χ2v) is 6.42. The van der Waals surface area contributed by atoms with E-state index in [1.165, 1.54) is 16.5 Å². The van der Waals surface area contributed by atoms with Crippen molar-refractivity contribution in [1.82, 2.24) is 14.1 Å². The molecular formula is C20H22N4O4. The summed E-state index contributed by atoms with van der Waals surface area (Å²) in [6.45, 7) is 3.56. The Morgan fingerprint density at radius 1 is 1.21 bits per heavy atom. The van der Waals surface area contributed by atoms with Crippen molar-refractivity contribution in [2.45, 2.75) is 20.4 Å². The lowest BCUT2D eigenvalue weighted by Gasteiger charge is -2.19. The molecule has 28 heavy (non-hydrogen) atoms. The monoisotopic (exact) mass is 382 g/mol. The van der Waals surface area contributed by atoms with Gasteiger partial charge >= 0.3 is 5.69 Å². The first-order valence-electron chi connectivity index (χ1n) is 8.90. The summed E-state index contributed by atoms with van der Waals surface area (Å²) in [5.74, 6) is -0.00552. The number of aromatic nitrogens is 3. The number of amides is 1. The van der Waals surface area contributed by atoms with Crippen molar-refractivity contribution in [2.24, 2.45) is 7.05 Å². The van der Waals surface area contributed by atoms with Gasteiger partial charge in [0.15, 0.2) is 5.65 Å². The fourth-order valence-corrected chi connectivity index (χ4v) is 3.03. The fourth-order valence-electron chi connectivity index (χ4n) is 3.03. The molecule has 0 fully saturated rings. The maximum absolute atomic E-state index is 13.1. The molecule has 0 bridgehead atoms. The molecule has 1 amide bonds. The largest absolute Gasteiger partial charge is 0.493 e. The normalized spacial score (nSPS) is 10.9. The summed E-state index contributed by atoms with van der Waals surface area (Å²) in [5, 5.41) is 0.194. The number of hydrogen-bond donors (Lipinski definition) is 0. The number of carbonyl (C=O) groups is 1. The smallest absolute Gasteiger partial charge is 0.332 e. The summed E-state index contributed by atoms with van der Waals surface area (Å²) in [7, 11) is 3.12. The molecule has 3 aromatic rings. The summed E-state index contributed by atoms with van der Waals surface area (Å²) in [4.78, 5) is 44.2. The molecule has 0 saturated heterocycles. The SMILES string of the molecule is CCOc1c(C)cnc2c1c(=O)n(CC(=O)N(C)c1ccccc1)c(=O)n2C. The molecule has 146 valence electrons. The number of hydrogen-bond acceptors (Lipinski definition) is 5. The number of aryl methyl sites for hydroxylation is 2. The summed E-state index contributed by atoms with van der Waals surface area (Å²) < 4.78 is 7.82. The number of para-hydroxylation sites is 1. The molecule has 0 aliphatic heterocycles. The van der Waals surface area contributed by atoms with Gasteiger partial charge < -0.3 is 9.64 Å². The zero-order chi connectivity index (χ0) is 20.4. The van der Waals surface area contributed by atoms with Crippen LogP contribution in [0.2, 0.25) is 0 Å². The van der Waals surface area contributed by atoms with E-state index in [0.29, 0.717) is 23.6 Å². The first kappa shape index (κ1) is 19.3. The van der Waals surface area contributed by atoms with Gasteiger partial charge in [-0.3, -0.25) is 14.2 Å². The van der Waals surface area contributed by atoms with Crippen LogP contribution in [0.25, 0.3) is 11.0 Å². The predicted molar refractivity (Wildman–Crippen MR) is 107 cm³/mol. The highest BCUT2D eigenvalue weighted by Gasteiger charge is 2.21. The number of ether oxygens (including phenoxy) is 1. The van der Waals surface area contributed by atoms with Crippen molar-refractivity contribution < 1.29 is 9.53 Å². The number of anilines is 1. The van der Waals surface area contributed by atoms with E-state index in [0.717, 1.165) is 4.57 Å². The van der Waals surface area contributed by atoms with E-state index in [4.69, 9.17) is 4.74 Å². The molecule has 2 heterocycles. The summed E-state index contributed by atoms with van der Waals surface area (Å²) in [6.07, 6.45) is 1.56. The number of fused-ring (bicyclic) bond motifs is 1. The topological polar surface area (TPSA) is 86.4 Å². The lowest BCUT2D eigenvalue weighted by molar-refractivity contribution is -0.119. The van der Waals surface area contributed by atoms with Crippen LogP contribution in [-0.2, 0) is 18.4 Å². The molecule has 0 atom stereocenters. The van der Waals surface area contributed by atoms with Crippen LogP contribution >= 0.6 is 0 Å². The molecule has 8 heteroatoms. The Morgan fingerprint density at radius 2 is 1.89 bits per heavy atom. The number of benzene rings is 1. The Labute approximate surface area is 161 Å². The van der Waals surface area contributed by atoms with Crippen molar-refractivity contribution in [3.05, 3.63) is 62.9 Å². The second-order valence-electron chi connectivity index (χ2n) is 6.42. The van der Waals surface area contributed by atoms with Crippen molar-refractivity contribution in [3.8, 4) is 5.75 Å². The standard InChI is InChI=1S/C20H22N4O4/c1-5-28-17-13(2)11-21-18-16(17)19(26)24(20(27)23(18)4)12-15(25)22(3)14-9-7-6-8-10-14/h6-11H,5,12H2,1-4H3. The number of carbonyl (C=O) groups excluding carboxylic acids is 1. The molecular weight excluding hydrogens is 360 g/mol. The molecule has 0 aliphatic carbocycles. The van der Waals surface area contributed by atoms with Crippen LogP contribution in [0.4, 0.5) is 5.69 Å². The zero-order valence-electron chi connectivity index (χ0n) is 16.3. The third kappa shape index (κ3) is 3.28. The Bertz CT molecular complexity index is 1150. The Hall–Kier alpha value is -3.42. The van der Waals surface area contributed by atoms with Crippen LogP contribution in [0.5, 0.6) is 5.75 Å². The average Bonchev–Trinajstić information content (AvgIpc) is 2.71. The van der Waals surface area contributed by atoms with Crippen molar-refractivity contribution in [2.75, 3.05) is 18.6 Å². The Balaban J connectivity index is 2.14. The molecule has 2 aromatic heterocycles. The summed E-state index contributed by atoms with van der Waals surface area (Å²) in [5.41, 5.74) is 0.387. The average molecular weight is 382 g/mol. The summed E-state index contributed by atoms with van der Waals surface area (Å²) >= 11 is 0. The van der Waals surface area contributed by atoms with Gasteiger partial charge in [0.25, 0.3) is 5.56 Å². The van der Waals surface area contributed by atoms with Crippen molar-refractivity contribution in [1.29, 1.82) is 0 Å². The number of rotatable bonds is 5. The van der Waals surface area contributed by atoms with Crippen LogP contribution in [0.15, 0.2) is 46.1 Å². The molecule has 8 nitrogen and oxygen atoms in total. The van der Waals surface area contributed by atoms with Crippen molar-refractivity contribution in [3.63, 3.8) is 0 Å². The van der Waals surface area contributed by atoms with E-state index >= 15 is 0 Å². The number of likely N-dealkylation sites (N-methyl/N-ethyl adjacent to an activating group) is 1. The minimum absolute atomic E-state index is 0.194. The number of nitrogens with zero attached hydrogens (tertiary/aromatic N) is 4. The van der Waals surface area contributed by atoms with E-state index in [2.05, 4.69) is 4.98 Å². The maximum atomic E-state index is 13.1. The van der Waals surface area contributed by atoms with Gasteiger partial charge in [-0.15, -0.1) is 0 Å². The van der Waals surface area contributed by atoms with Gasteiger partial charge in [0, 0.05) is 31.5 Å². The highest BCUT2D eigenvalue weighted by atomic mass is 16.5. The second kappa shape index (κ2) is 7.67. The van der Waals surface area contributed by atoms with Gasteiger partial charge in [-0.05, 0) is 26.0 Å². The Kier molecular flexibility index (Phi) is 5.30. The minimum atomic E-state index is -0.605. The molecule has 0 radical (unpaired) electrons. The van der Waals surface area contributed by atoms with Crippen LogP contribution < -0.4 is 20.9 Å². The van der Waals surface area contributed by atoms with E-state index in [1.807, 2.05) is 25.1 Å². The first-order valence-corrected chi connectivity index (χ1v) is 8.90. The highest BCUT2D eigenvalue weighted by Crippen LogP contribution is 2.24. The van der Waals surface area contributed by atoms with Crippen LogP contribution in [0.3, 0.4) is 0 Å². The minimum Gasteiger partial charge on any atom is -0.493 e. The molecule has 1 aromatic carbocycles. The van der Waals surface area contributed by atoms with Crippen LogP contribution in [0, 0.1) is 6.92 Å². The van der Waals surface area contributed by atoms with Gasteiger partial charge in [0.1, 0.15) is 17.7 Å². The van der Waals surface area contributed by atoms with Gasteiger partial charge in [-0.1, -0.05) is 18.2 Å². The highest BCUT2D eigenvalue weighted by molar-refractivity contribution is 5.92. The third-order valence-electron chi connectivity index (χ3n) is 4.58. The molecule has 0 unspecified atom stereocenters. The Morgan fingerprint density at radius 3 is 2.54 bits per heavy atom. The lowest BCUT2D eigenvalue weighted by Crippen LogP contribution is -2.44. The fraction of sp³-hybridized carbons (Fsp3) is 0.300. The number of pyridine rings is 1. The van der Waals surface area contributed by atoms with Gasteiger partial charge in [-0.2, -0.15) is 0 Å². The van der Waals surface area contributed by atoms with Crippen LogP contribution in [-0.4, -0.2) is 33.7 Å².